The number of thioether (sulfide) groups is 1. The quantitative estimate of drug-likeness (QED) is 0.359. The Balaban J connectivity index is 0. The molecule has 1 heterocycles. The van der Waals surface area contributed by atoms with Crippen LogP contribution >= 0.6 is 11.8 Å². The number of methoxy groups -OCH3 is 3. The van der Waals surface area contributed by atoms with Crippen LogP contribution in [-0.2, 0) is 18.9 Å². The van der Waals surface area contributed by atoms with Gasteiger partial charge in [0.1, 0.15) is 0 Å². The second-order valence-electron chi connectivity index (χ2n) is 7.19. The molecule has 0 N–H and O–H groups in total. The molecule has 0 aromatic rings. The third-order valence-electron chi connectivity index (χ3n) is 4.79. The van der Waals surface area contributed by atoms with Gasteiger partial charge in [-0.15, -0.1) is 0 Å². The Hall–Kier alpha value is 0.190. The van der Waals surface area contributed by atoms with E-state index in [1.165, 1.54) is 50.7 Å². The monoisotopic (exact) mass is 408 g/mol. The van der Waals surface area contributed by atoms with E-state index in [2.05, 4.69) is 27.0 Å². The van der Waals surface area contributed by atoms with Gasteiger partial charge in [0.15, 0.2) is 0 Å². The van der Waals surface area contributed by atoms with Gasteiger partial charge in [0.25, 0.3) is 0 Å². The Kier molecular flexibility index (Phi) is 26.4. The second-order valence-corrected chi connectivity index (χ2v) is 8.18. The molecule has 0 bridgehead atoms. The SMILES string of the molecule is CCC(C)OC.COCC1OCCC1C.COCCCCCCCCSC. The molecule has 0 aromatic carbocycles. The number of hydrogen-bond donors (Lipinski definition) is 0. The van der Waals surface area contributed by atoms with Crippen molar-refractivity contribution >= 4 is 11.8 Å². The van der Waals surface area contributed by atoms with Crippen molar-refractivity contribution < 1.29 is 18.9 Å². The van der Waals surface area contributed by atoms with Crippen molar-refractivity contribution in [1.29, 1.82) is 0 Å². The molecule has 3 unspecified atom stereocenters. The van der Waals surface area contributed by atoms with Crippen LogP contribution in [0.1, 0.15) is 72.1 Å². The molecule has 0 amide bonds. The average Bonchev–Trinajstić information content (AvgIpc) is 3.09. The molecule has 1 aliphatic rings. The summed E-state index contributed by atoms with van der Waals surface area (Å²) >= 11 is 1.95. The van der Waals surface area contributed by atoms with Gasteiger partial charge in [-0.25, -0.2) is 0 Å². The lowest BCUT2D eigenvalue weighted by molar-refractivity contribution is 0.0234. The fourth-order valence-corrected chi connectivity index (χ4v) is 2.99. The summed E-state index contributed by atoms with van der Waals surface area (Å²) < 4.78 is 20.2. The molecular weight excluding hydrogens is 360 g/mol. The van der Waals surface area contributed by atoms with E-state index >= 15 is 0 Å². The van der Waals surface area contributed by atoms with Gasteiger partial charge in [0.05, 0.1) is 18.8 Å². The molecule has 1 aliphatic heterocycles. The molecule has 1 fully saturated rings. The molecule has 0 radical (unpaired) electrons. The van der Waals surface area contributed by atoms with Gasteiger partial charge in [-0.2, -0.15) is 11.8 Å². The van der Waals surface area contributed by atoms with E-state index in [9.17, 15) is 0 Å². The summed E-state index contributed by atoms with van der Waals surface area (Å²) in [5.74, 6) is 2.02. The zero-order valence-corrected chi connectivity index (χ0v) is 20.1. The predicted octanol–water partition coefficient (Wildman–Crippen LogP) is 5.83. The fraction of sp³-hybridized carbons (Fsp3) is 1.00. The van der Waals surface area contributed by atoms with Gasteiger partial charge in [-0.05, 0) is 50.5 Å². The van der Waals surface area contributed by atoms with E-state index < -0.39 is 0 Å². The summed E-state index contributed by atoms with van der Waals surface area (Å²) in [6.07, 6.45) is 13.4. The Morgan fingerprint density at radius 1 is 1.00 bits per heavy atom. The van der Waals surface area contributed by atoms with Crippen LogP contribution in [0.5, 0.6) is 0 Å². The van der Waals surface area contributed by atoms with Crippen molar-refractivity contribution in [2.75, 3.05) is 53.2 Å². The minimum Gasteiger partial charge on any atom is -0.385 e. The molecule has 0 saturated carbocycles. The van der Waals surface area contributed by atoms with Crippen LogP contribution < -0.4 is 0 Å². The first-order chi connectivity index (χ1) is 13.1. The maximum Gasteiger partial charge on any atom is 0.0834 e. The van der Waals surface area contributed by atoms with E-state index in [0.29, 0.717) is 18.1 Å². The van der Waals surface area contributed by atoms with E-state index in [1.807, 2.05) is 11.8 Å². The summed E-state index contributed by atoms with van der Waals surface area (Å²) in [7, 11) is 5.22. The molecule has 5 heteroatoms. The van der Waals surface area contributed by atoms with Crippen LogP contribution in [-0.4, -0.2) is 65.4 Å². The lowest BCUT2D eigenvalue weighted by atomic mass is 10.1. The first-order valence-electron chi connectivity index (χ1n) is 10.7. The highest BCUT2D eigenvalue weighted by Crippen LogP contribution is 2.19. The van der Waals surface area contributed by atoms with Gasteiger partial charge < -0.3 is 18.9 Å². The van der Waals surface area contributed by atoms with Crippen molar-refractivity contribution in [1.82, 2.24) is 0 Å². The first kappa shape index (κ1) is 29.4. The highest BCUT2D eigenvalue weighted by molar-refractivity contribution is 7.98. The van der Waals surface area contributed by atoms with Gasteiger partial charge in [-0.1, -0.05) is 39.5 Å². The standard InChI is InChI=1S/C10H22OS.C7H14O2.C5H12O/c1-11-9-7-5-3-4-6-8-10-12-2;1-6-3-4-9-7(6)5-8-2;1-4-5(2)6-3/h3-10H2,1-2H3;6-7H,3-5H2,1-2H3;5H,4H2,1-3H3. The van der Waals surface area contributed by atoms with E-state index in [4.69, 9.17) is 18.9 Å². The third kappa shape index (κ3) is 22.3. The van der Waals surface area contributed by atoms with Crippen molar-refractivity contribution in [3.05, 3.63) is 0 Å². The second kappa shape index (κ2) is 24.2. The Labute approximate surface area is 174 Å². The summed E-state index contributed by atoms with van der Waals surface area (Å²) in [4.78, 5) is 0. The number of rotatable bonds is 13. The number of ether oxygens (including phenoxy) is 4. The predicted molar refractivity (Wildman–Crippen MR) is 120 cm³/mol. The summed E-state index contributed by atoms with van der Waals surface area (Å²) in [6.45, 7) is 8.96. The van der Waals surface area contributed by atoms with Gasteiger partial charge in [-0.3, -0.25) is 0 Å². The van der Waals surface area contributed by atoms with Crippen LogP contribution in [0.4, 0.5) is 0 Å². The molecule has 0 aromatic heterocycles. The minimum absolute atomic E-state index is 0.356. The molecule has 4 nitrogen and oxygen atoms in total. The van der Waals surface area contributed by atoms with Crippen LogP contribution in [0.2, 0.25) is 0 Å². The van der Waals surface area contributed by atoms with Crippen LogP contribution in [0.15, 0.2) is 0 Å². The topological polar surface area (TPSA) is 36.9 Å². The normalized spacial score (nSPS) is 19.7. The maximum absolute atomic E-state index is 5.38. The molecule has 27 heavy (non-hydrogen) atoms. The Morgan fingerprint density at radius 2 is 1.63 bits per heavy atom. The summed E-state index contributed by atoms with van der Waals surface area (Å²) in [6, 6.07) is 0. The Morgan fingerprint density at radius 3 is 2.04 bits per heavy atom. The maximum atomic E-state index is 5.38. The highest BCUT2D eigenvalue weighted by Gasteiger charge is 2.23. The molecule has 1 rings (SSSR count). The van der Waals surface area contributed by atoms with E-state index in [-0.39, 0.29) is 0 Å². The lowest BCUT2D eigenvalue weighted by Crippen LogP contribution is -2.19. The Bertz CT molecular complexity index is 253. The van der Waals surface area contributed by atoms with Crippen LogP contribution in [0.25, 0.3) is 0 Å². The van der Waals surface area contributed by atoms with Gasteiger partial charge >= 0.3 is 0 Å². The van der Waals surface area contributed by atoms with Crippen LogP contribution in [0.3, 0.4) is 0 Å². The van der Waals surface area contributed by atoms with Crippen molar-refractivity contribution in [3.63, 3.8) is 0 Å². The highest BCUT2D eigenvalue weighted by atomic mass is 32.2. The van der Waals surface area contributed by atoms with Crippen molar-refractivity contribution in [2.45, 2.75) is 84.3 Å². The largest absolute Gasteiger partial charge is 0.385 e. The average molecular weight is 409 g/mol. The van der Waals surface area contributed by atoms with E-state index in [0.717, 1.165) is 26.2 Å². The molecule has 3 atom stereocenters. The smallest absolute Gasteiger partial charge is 0.0834 e. The first-order valence-corrected chi connectivity index (χ1v) is 12.1. The third-order valence-corrected chi connectivity index (χ3v) is 5.49. The van der Waals surface area contributed by atoms with E-state index in [1.54, 1.807) is 21.3 Å². The fourth-order valence-electron chi connectivity index (χ4n) is 2.50. The minimum atomic E-state index is 0.356. The zero-order chi connectivity index (χ0) is 20.8. The zero-order valence-electron chi connectivity index (χ0n) is 19.3. The molecule has 1 saturated heterocycles. The molecule has 166 valence electrons. The summed E-state index contributed by atoms with van der Waals surface area (Å²) in [5, 5.41) is 0. The van der Waals surface area contributed by atoms with Crippen molar-refractivity contribution in [3.8, 4) is 0 Å². The molecule has 0 aliphatic carbocycles. The van der Waals surface area contributed by atoms with Crippen LogP contribution in [0, 0.1) is 5.92 Å². The summed E-state index contributed by atoms with van der Waals surface area (Å²) in [5.41, 5.74) is 0. The molecular formula is C22H48O4S. The number of unbranched alkanes of at least 4 members (excludes halogenated alkanes) is 5. The van der Waals surface area contributed by atoms with Crippen molar-refractivity contribution in [2.24, 2.45) is 5.92 Å². The van der Waals surface area contributed by atoms with Gasteiger partial charge in [0, 0.05) is 34.5 Å². The number of hydrogen-bond acceptors (Lipinski definition) is 5. The van der Waals surface area contributed by atoms with Gasteiger partial charge in [0.2, 0.25) is 0 Å². The lowest BCUT2D eigenvalue weighted by Gasteiger charge is -2.11. The molecule has 0 spiro atoms.